The summed E-state index contributed by atoms with van der Waals surface area (Å²) in [5.74, 6) is 0. The molecule has 9 N–H and O–H groups in total. The van der Waals surface area contributed by atoms with Crippen molar-refractivity contribution < 1.29 is 96.8 Å². The fraction of sp³-hybridized carbons (Fsp3) is 0.333. The van der Waals surface area contributed by atoms with E-state index in [9.17, 15) is 29.9 Å². The summed E-state index contributed by atoms with van der Waals surface area (Å²) in [5, 5.41) is 0. The van der Waals surface area contributed by atoms with E-state index in [1.807, 2.05) is 0 Å². The van der Waals surface area contributed by atoms with Crippen molar-refractivity contribution in [1.82, 2.24) is 0 Å². The lowest BCUT2D eigenvalue weighted by Crippen LogP contribution is -1.82. The Bertz CT molecular complexity index is 538. The second-order valence-electron chi connectivity index (χ2n) is 3.00. The number of halogens is 6. The molecule has 182 valence electrons. The van der Waals surface area contributed by atoms with Gasteiger partial charge >= 0.3 is 39.5 Å². The minimum absolute atomic E-state index is 0.0929. The first kappa shape index (κ1) is 39.5. The van der Waals surface area contributed by atoms with Crippen LogP contribution in [0.3, 0.4) is 0 Å². The third kappa shape index (κ3) is 518. The van der Waals surface area contributed by atoms with E-state index in [0.717, 1.165) is 6.08 Å². The molecule has 0 amide bonds. The quantitative estimate of drug-likeness (QED) is 0.176. The molecular formula is C3H13F6O15P5. The Kier molecular flexibility index (Phi) is 24.2. The van der Waals surface area contributed by atoms with Gasteiger partial charge in [-0.2, -0.15) is 0 Å². The molecule has 0 aromatic heterocycles. The van der Waals surface area contributed by atoms with Crippen LogP contribution < -0.4 is 0 Å². The SMILES string of the molecule is O=P(O)(F)OCC=CF.O=P(O)(O)F.O=P(O)(O)F.O=P(O)(O)F.O=P(O)(O)F. The van der Waals surface area contributed by atoms with Crippen molar-refractivity contribution in [1.29, 1.82) is 0 Å². The summed E-state index contributed by atoms with van der Waals surface area (Å²) >= 11 is 0. The second kappa shape index (κ2) is 17.7. The number of rotatable bonds is 3. The van der Waals surface area contributed by atoms with Crippen LogP contribution in [-0.2, 0) is 27.3 Å². The molecule has 0 heterocycles. The number of hydrogen-bond donors (Lipinski definition) is 9. The second-order valence-corrected chi connectivity index (χ2v) is 7.95. The van der Waals surface area contributed by atoms with Crippen LogP contribution in [0.1, 0.15) is 0 Å². The van der Waals surface area contributed by atoms with Gasteiger partial charge in [0, 0.05) is 0 Å². The molecule has 0 aliphatic heterocycles. The van der Waals surface area contributed by atoms with Crippen molar-refractivity contribution in [2.75, 3.05) is 6.61 Å². The summed E-state index contributed by atoms with van der Waals surface area (Å²) in [5.41, 5.74) is 0. The first-order chi connectivity index (χ1) is 12.1. The van der Waals surface area contributed by atoms with Gasteiger partial charge in [0.25, 0.3) is 0 Å². The first-order valence-electron chi connectivity index (χ1n) is 4.99. The van der Waals surface area contributed by atoms with E-state index in [2.05, 4.69) is 4.52 Å². The average Bonchev–Trinajstić information content (AvgIpc) is 2.17. The minimum Gasteiger partial charge on any atom is -0.299 e. The predicted molar refractivity (Wildman–Crippen MR) is 79.7 cm³/mol. The van der Waals surface area contributed by atoms with Crippen LogP contribution in [0.5, 0.6) is 0 Å². The highest BCUT2D eigenvalue weighted by Gasteiger charge is 2.14. The Balaban J connectivity index is -0.0000000853. The molecule has 0 aliphatic rings. The van der Waals surface area contributed by atoms with E-state index in [-0.39, 0.29) is 6.33 Å². The maximum absolute atomic E-state index is 11.4. The summed E-state index contributed by atoms with van der Waals surface area (Å²) in [6.07, 6.45) is 0.859. The Hall–Kier alpha value is 0.0700. The van der Waals surface area contributed by atoms with E-state index in [0.29, 0.717) is 0 Å². The molecule has 0 radical (unpaired) electrons. The molecule has 0 aliphatic carbocycles. The molecule has 15 nitrogen and oxygen atoms in total. The molecule has 1 unspecified atom stereocenters. The van der Waals surface area contributed by atoms with Gasteiger partial charge in [-0.3, -0.25) is 48.6 Å². The van der Waals surface area contributed by atoms with Crippen molar-refractivity contribution in [3.05, 3.63) is 12.4 Å². The Labute approximate surface area is 156 Å². The smallest absolute Gasteiger partial charge is 0.299 e. The third-order valence-corrected chi connectivity index (χ3v) is 0.887. The highest BCUT2D eigenvalue weighted by molar-refractivity contribution is 7.47. The Morgan fingerprint density at radius 1 is 0.586 bits per heavy atom. The topological polar surface area (TPSA) is 277 Å². The van der Waals surface area contributed by atoms with Gasteiger partial charge in [0.05, 0.1) is 12.9 Å². The summed E-state index contributed by atoms with van der Waals surface area (Å²) < 4.78 is 112. The molecule has 0 saturated carbocycles. The van der Waals surface area contributed by atoms with Crippen LogP contribution in [0.4, 0.5) is 25.4 Å². The summed E-state index contributed by atoms with van der Waals surface area (Å²) in [4.78, 5) is 63.5. The van der Waals surface area contributed by atoms with Gasteiger partial charge in [0.1, 0.15) is 0 Å². The lowest BCUT2D eigenvalue weighted by Gasteiger charge is -1.96. The molecule has 0 bridgehead atoms. The average molecular weight is 558 g/mol. The zero-order chi connectivity index (χ0) is 25.3. The van der Waals surface area contributed by atoms with E-state index in [4.69, 9.17) is 62.3 Å². The van der Waals surface area contributed by atoms with Crippen molar-refractivity contribution >= 4 is 39.5 Å². The maximum atomic E-state index is 11.4. The summed E-state index contributed by atoms with van der Waals surface area (Å²) in [6.45, 7) is -0.541. The summed E-state index contributed by atoms with van der Waals surface area (Å²) in [6, 6.07) is 0. The van der Waals surface area contributed by atoms with Crippen LogP contribution in [-0.4, -0.2) is 50.6 Å². The highest BCUT2D eigenvalue weighted by Crippen LogP contribution is 2.43. The maximum Gasteiger partial charge on any atom is 0.510 e. The molecule has 1 atom stereocenters. The molecule has 26 heteroatoms. The van der Waals surface area contributed by atoms with Crippen LogP contribution in [0.2, 0.25) is 0 Å². The Morgan fingerprint density at radius 2 is 0.759 bits per heavy atom. The monoisotopic (exact) mass is 558 g/mol. The van der Waals surface area contributed by atoms with Gasteiger partial charge in [-0.25, -0.2) is 27.2 Å². The van der Waals surface area contributed by atoms with Crippen molar-refractivity contribution in [3.8, 4) is 0 Å². The van der Waals surface area contributed by atoms with E-state index in [1.54, 1.807) is 0 Å². The summed E-state index contributed by atoms with van der Waals surface area (Å²) in [7, 11) is -25.5. The van der Waals surface area contributed by atoms with Gasteiger partial charge in [-0.1, -0.05) is 0 Å². The van der Waals surface area contributed by atoms with Crippen molar-refractivity contribution in [2.24, 2.45) is 0 Å². The van der Waals surface area contributed by atoms with E-state index >= 15 is 0 Å². The molecule has 0 saturated heterocycles. The molecule has 0 aromatic rings. The molecule has 0 aromatic carbocycles. The van der Waals surface area contributed by atoms with Gasteiger partial charge in [-0.15, -0.1) is 21.0 Å². The highest BCUT2D eigenvalue weighted by atomic mass is 31.2. The molecule has 0 rings (SSSR count). The van der Waals surface area contributed by atoms with Crippen molar-refractivity contribution in [2.45, 2.75) is 0 Å². The van der Waals surface area contributed by atoms with E-state index in [1.165, 1.54) is 0 Å². The van der Waals surface area contributed by atoms with Gasteiger partial charge in [0.2, 0.25) is 0 Å². The van der Waals surface area contributed by atoms with Crippen LogP contribution >= 0.6 is 39.5 Å². The molecular weight excluding hydrogens is 545 g/mol. The van der Waals surface area contributed by atoms with Gasteiger partial charge < -0.3 is 0 Å². The van der Waals surface area contributed by atoms with Crippen LogP contribution in [0, 0.1) is 0 Å². The van der Waals surface area contributed by atoms with Crippen LogP contribution in [0.15, 0.2) is 12.4 Å². The fourth-order valence-corrected chi connectivity index (χ4v) is 0.441. The van der Waals surface area contributed by atoms with Gasteiger partial charge in [0.15, 0.2) is 0 Å². The number of hydrogen-bond acceptors (Lipinski definition) is 6. The molecule has 0 spiro atoms. The Morgan fingerprint density at radius 3 is 0.862 bits per heavy atom. The lowest BCUT2D eigenvalue weighted by molar-refractivity contribution is 0.249. The van der Waals surface area contributed by atoms with Crippen LogP contribution in [0.25, 0.3) is 0 Å². The normalized spacial score (nSPS) is 13.8. The predicted octanol–water partition coefficient (Wildman–Crippen LogP) is 1.75. The minimum atomic E-state index is -5.14. The standard InChI is InChI=1S/C3H5F2O3P.4FH2O3P/c4-2-1-3-8-9(5,6)7;4*1-5(2,3)4/h1-2H,3H2,(H,6,7);4*(H2,2,3,4). The zero-order valence-electron chi connectivity index (χ0n) is 12.8. The van der Waals surface area contributed by atoms with Crippen molar-refractivity contribution in [3.63, 3.8) is 0 Å². The zero-order valence-corrected chi connectivity index (χ0v) is 17.3. The molecule has 0 fully saturated rings. The van der Waals surface area contributed by atoms with E-state index < -0.39 is 46.1 Å². The third-order valence-electron chi connectivity index (χ3n) is 0.419. The largest absolute Gasteiger partial charge is 0.510 e. The molecule has 29 heavy (non-hydrogen) atoms. The fourth-order valence-electron chi connectivity index (χ4n) is 0.171. The lowest BCUT2D eigenvalue weighted by atomic mass is 10.7. The van der Waals surface area contributed by atoms with Gasteiger partial charge in [-0.05, 0) is 6.08 Å². The first-order valence-corrected chi connectivity index (χ1v) is 12.5.